The van der Waals surface area contributed by atoms with E-state index in [1.165, 1.54) is 0 Å². The van der Waals surface area contributed by atoms with Crippen molar-refractivity contribution in [3.05, 3.63) is 24.5 Å². The van der Waals surface area contributed by atoms with E-state index >= 15 is 0 Å². The second kappa shape index (κ2) is 6.31. The van der Waals surface area contributed by atoms with Gasteiger partial charge >= 0.3 is 0 Å². The summed E-state index contributed by atoms with van der Waals surface area (Å²) in [5.74, 6) is 2.82. The largest absolute Gasteiger partial charge is 0.471 e. The van der Waals surface area contributed by atoms with Gasteiger partial charge in [0.1, 0.15) is 24.1 Å². The minimum atomic E-state index is -0.169. The highest BCUT2D eigenvalue weighted by Crippen LogP contribution is 2.61. The number of nitrogens with zero attached hydrogens (tertiary/aromatic N) is 7. The number of Topliss-reactive ketones (excluding diaryl/α,β-unsaturated/α-hetero) is 1. The zero-order valence-electron chi connectivity index (χ0n) is 18.2. The Bertz CT molecular complexity index is 1250. The van der Waals surface area contributed by atoms with Crippen LogP contribution in [0.5, 0.6) is 5.88 Å². The van der Waals surface area contributed by atoms with Crippen LogP contribution in [-0.4, -0.2) is 63.9 Å². The molecule has 1 aliphatic carbocycles. The number of carbonyl (C=O) groups is 1. The van der Waals surface area contributed by atoms with Gasteiger partial charge in [-0.3, -0.25) is 9.69 Å². The number of rotatable bonds is 6. The van der Waals surface area contributed by atoms with Crippen molar-refractivity contribution in [1.82, 2.24) is 34.4 Å². The number of hydrogen-bond acceptors (Lipinski definition) is 8. The average molecular weight is 432 g/mol. The van der Waals surface area contributed by atoms with Crippen molar-refractivity contribution in [1.29, 1.82) is 0 Å². The normalized spacial score (nSPS) is 30.6. The van der Waals surface area contributed by atoms with E-state index in [0.29, 0.717) is 41.7 Å². The molecule has 0 N–H and O–H groups in total. The summed E-state index contributed by atoms with van der Waals surface area (Å²) in [6, 6.07) is 0.770. The van der Waals surface area contributed by atoms with Crippen molar-refractivity contribution in [2.24, 2.45) is 5.92 Å². The minimum absolute atomic E-state index is 0.0404. The maximum Gasteiger partial charge on any atom is 0.245 e. The van der Waals surface area contributed by atoms with Crippen molar-refractivity contribution >= 4 is 16.9 Å². The van der Waals surface area contributed by atoms with Crippen LogP contribution in [0.4, 0.5) is 0 Å². The number of piperidine rings is 1. The van der Waals surface area contributed by atoms with Crippen molar-refractivity contribution in [2.75, 3.05) is 0 Å². The third kappa shape index (κ3) is 2.37. The molecule has 9 nitrogen and oxygen atoms in total. The third-order valence-corrected chi connectivity index (χ3v) is 7.82. The first-order chi connectivity index (χ1) is 15.6. The molecule has 0 bridgehead atoms. The third-order valence-electron chi connectivity index (χ3n) is 7.82. The predicted molar refractivity (Wildman–Crippen MR) is 115 cm³/mol. The van der Waals surface area contributed by atoms with Crippen LogP contribution < -0.4 is 4.74 Å². The molecule has 0 radical (unpaired) electrons. The molecule has 6 heterocycles. The first-order valence-electron chi connectivity index (χ1n) is 11.6. The summed E-state index contributed by atoms with van der Waals surface area (Å²) in [7, 11) is 0. The molecule has 3 aromatic rings. The van der Waals surface area contributed by atoms with Gasteiger partial charge in [0.15, 0.2) is 16.9 Å². The molecule has 7 rings (SSSR count). The van der Waals surface area contributed by atoms with Gasteiger partial charge in [-0.15, -0.1) is 0 Å². The SMILES string of the molecule is CCn1c(-c2cnc(C)nc2)nc2c(OC3CC4CC5(C(=O)C6CC6)CC3N45)ncnc21. The van der Waals surface area contributed by atoms with Crippen LogP contribution in [0, 0.1) is 12.8 Å². The van der Waals surface area contributed by atoms with Gasteiger partial charge in [-0.2, -0.15) is 4.98 Å². The van der Waals surface area contributed by atoms with Crippen molar-refractivity contribution in [3.63, 3.8) is 0 Å². The quantitative estimate of drug-likeness (QED) is 0.586. The van der Waals surface area contributed by atoms with E-state index in [2.05, 4.69) is 31.8 Å². The Balaban J connectivity index is 1.20. The summed E-state index contributed by atoms with van der Waals surface area (Å²) in [5, 5.41) is 0. The molecule has 164 valence electrons. The maximum atomic E-state index is 12.8. The molecule has 4 unspecified atom stereocenters. The van der Waals surface area contributed by atoms with E-state index in [1.807, 2.05) is 11.5 Å². The molecule has 0 spiro atoms. The van der Waals surface area contributed by atoms with E-state index in [9.17, 15) is 4.79 Å². The van der Waals surface area contributed by atoms with Crippen molar-refractivity contribution in [2.45, 2.75) is 76.2 Å². The van der Waals surface area contributed by atoms with Gasteiger partial charge in [0.2, 0.25) is 5.88 Å². The van der Waals surface area contributed by atoms with E-state index in [-0.39, 0.29) is 11.6 Å². The number of carbonyl (C=O) groups excluding carboxylic acids is 1. The Morgan fingerprint density at radius 3 is 2.75 bits per heavy atom. The van der Waals surface area contributed by atoms with Crippen LogP contribution in [0.3, 0.4) is 0 Å². The highest BCUT2D eigenvalue weighted by atomic mass is 16.5. The van der Waals surface area contributed by atoms with E-state index < -0.39 is 0 Å². The standard InChI is InChI=1S/C23H25N7O2/c1-3-29-20(14-9-24-12(2)25-10-14)28-18-21(29)26-11-27-22(18)32-17-6-15-7-23(8-16(17)30(15)23)19(31)13-4-5-13/h9-11,13,15-17H,3-8H2,1-2H3. The van der Waals surface area contributed by atoms with Gasteiger partial charge in [-0.25, -0.2) is 19.9 Å². The van der Waals surface area contributed by atoms with E-state index in [4.69, 9.17) is 9.72 Å². The minimum Gasteiger partial charge on any atom is -0.471 e. The molecule has 1 saturated carbocycles. The lowest BCUT2D eigenvalue weighted by Gasteiger charge is -2.65. The number of aromatic nitrogens is 6. The highest BCUT2D eigenvalue weighted by molar-refractivity contribution is 5.95. The fraction of sp³-hybridized carbons (Fsp3) is 0.565. The van der Waals surface area contributed by atoms with Crippen molar-refractivity contribution < 1.29 is 9.53 Å². The van der Waals surface area contributed by atoms with Gasteiger partial charge in [-0.1, -0.05) is 0 Å². The fourth-order valence-electron chi connectivity index (χ4n) is 6.23. The van der Waals surface area contributed by atoms with E-state index in [1.54, 1.807) is 18.7 Å². The van der Waals surface area contributed by atoms with Crippen molar-refractivity contribution in [3.8, 4) is 17.3 Å². The molecule has 3 aromatic heterocycles. The Hall–Kier alpha value is -2.94. The Morgan fingerprint density at radius 2 is 2.00 bits per heavy atom. The number of hydrogen-bond donors (Lipinski definition) is 0. The Morgan fingerprint density at radius 1 is 1.19 bits per heavy atom. The second-order valence-corrected chi connectivity index (χ2v) is 9.65. The number of ketones is 1. The van der Waals surface area contributed by atoms with Crippen LogP contribution in [0.15, 0.2) is 18.7 Å². The van der Waals surface area contributed by atoms with Gasteiger partial charge in [0.25, 0.3) is 0 Å². The molecule has 32 heavy (non-hydrogen) atoms. The topological polar surface area (TPSA) is 98.9 Å². The first-order valence-corrected chi connectivity index (χ1v) is 11.6. The van der Waals surface area contributed by atoms with Crippen LogP contribution in [0.2, 0.25) is 0 Å². The molecular weight excluding hydrogens is 406 g/mol. The van der Waals surface area contributed by atoms with Crippen LogP contribution in [0.25, 0.3) is 22.6 Å². The summed E-state index contributed by atoms with van der Waals surface area (Å²) in [6.07, 6.45) is 10.2. The first kappa shape index (κ1) is 18.6. The predicted octanol–water partition coefficient (Wildman–Crippen LogP) is 2.33. The lowest BCUT2D eigenvalue weighted by atomic mass is 9.64. The van der Waals surface area contributed by atoms with Gasteiger partial charge in [0.05, 0.1) is 17.1 Å². The van der Waals surface area contributed by atoms with E-state index in [0.717, 1.165) is 55.0 Å². The summed E-state index contributed by atoms with van der Waals surface area (Å²) < 4.78 is 8.52. The highest BCUT2D eigenvalue weighted by Gasteiger charge is 2.73. The average Bonchev–Trinajstić information content (AvgIpc) is 3.54. The smallest absolute Gasteiger partial charge is 0.245 e. The maximum absolute atomic E-state index is 12.8. The molecule has 0 amide bonds. The summed E-state index contributed by atoms with van der Waals surface area (Å²) in [6.45, 7) is 4.64. The Labute approximate surface area is 185 Å². The van der Waals surface area contributed by atoms with Crippen LogP contribution >= 0.6 is 0 Å². The summed E-state index contributed by atoms with van der Waals surface area (Å²) in [5.41, 5.74) is 2.09. The molecule has 4 atom stereocenters. The zero-order valence-corrected chi connectivity index (χ0v) is 18.2. The molecule has 4 aliphatic rings. The number of imidazole rings is 1. The molecule has 4 fully saturated rings. The summed E-state index contributed by atoms with van der Waals surface area (Å²) in [4.78, 5) is 37.7. The lowest BCUT2D eigenvalue weighted by molar-refractivity contribution is -0.187. The second-order valence-electron chi connectivity index (χ2n) is 9.65. The molecular formula is C23H25N7O2. The number of aryl methyl sites for hydroxylation is 2. The molecule has 9 heteroatoms. The van der Waals surface area contributed by atoms with Crippen LogP contribution in [-0.2, 0) is 11.3 Å². The van der Waals surface area contributed by atoms with Gasteiger partial charge < -0.3 is 9.30 Å². The molecule has 3 aliphatic heterocycles. The number of fused-ring (bicyclic) bond motifs is 1. The zero-order chi connectivity index (χ0) is 21.6. The molecule has 3 saturated heterocycles. The lowest BCUT2D eigenvalue weighted by Crippen LogP contribution is -2.79. The Kier molecular flexibility index (Phi) is 3.67. The van der Waals surface area contributed by atoms with Gasteiger partial charge in [0, 0.05) is 37.3 Å². The van der Waals surface area contributed by atoms with Gasteiger partial charge in [-0.05, 0) is 39.5 Å². The monoisotopic (exact) mass is 431 g/mol. The fourth-order valence-corrected chi connectivity index (χ4v) is 6.23. The summed E-state index contributed by atoms with van der Waals surface area (Å²) >= 11 is 0. The van der Waals surface area contributed by atoms with Crippen LogP contribution in [0.1, 0.15) is 44.9 Å². The number of ether oxygens (including phenoxy) is 1. The molecule has 0 aromatic carbocycles.